The third-order valence-electron chi connectivity index (χ3n) is 6.01. The predicted octanol–water partition coefficient (Wildman–Crippen LogP) is 2.74. The van der Waals surface area contributed by atoms with Gasteiger partial charge >= 0.3 is 0 Å². The number of hydrogen-bond donors (Lipinski definition) is 0. The fourth-order valence-corrected chi connectivity index (χ4v) is 4.14. The van der Waals surface area contributed by atoms with E-state index in [-0.39, 0.29) is 5.91 Å². The molecule has 0 bridgehead atoms. The Morgan fingerprint density at radius 1 is 1.07 bits per heavy atom. The second-order valence-electron chi connectivity index (χ2n) is 8.51. The molecular formula is C21H24N6O. The number of nitrogens with zero attached hydrogens (tertiary/aromatic N) is 6. The van der Waals surface area contributed by atoms with Crippen molar-refractivity contribution in [2.45, 2.75) is 46.1 Å². The van der Waals surface area contributed by atoms with Crippen LogP contribution in [-0.2, 0) is 17.8 Å². The molecule has 1 fully saturated rings. The summed E-state index contributed by atoms with van der Waals surface area (Å²) in [7, 11) is 0. The van der Waals surface area contributed by atoms with Gasteiger partial charge < -0.3 is 4.90 Å². The number of pyridine rings is 1. The predicted molar refractivity (Wildman–Crippen MR) is 108 cm³/mol. The molecule has 1 amide bonds. The van der Waals surface area contributed by atoms with Gasteiger partial charge in [0.1, 0.15) is 11.5 Å². The Morgan fingerprint density at radius 3 is 2.71 bits per heavy atom. The monoisotopic (exact) mass is 376 g/mol. The number of amidine groups is 1. The maximum absolute atomic E-state index is 12.7. The largest absolute Gasteiger partial charge is 0.355 e. The van der Waals surface area contributed by atoms with Crippen molar-refractivity contribution in [3.8, 4) is 0 Å². The van der Waals surface area contributed by atoms with E-state index >= 15 is 0 Å². The average Bonchev–Trinajstić information content (AvgIpc) is 3.11. The number of amides is 1. The van der Waals surface area contributed by atoms with E-state index in [0.717, 1.165) is 48.8 Å². The van der Waals surface area contributed by atoms with Crippen LogP contribution in [0.4, 0.5) is 11.5 Å². The number of fused-ring (bicyclic) bond motifs is 2. The average molecular weight is 376 g/mol. The van der Waals surface area contributed by atoms with E-state index < -0.39 is 0 Å². The van der Waals surface area contributed by atoms with Gasteiger partial charge in [-0.15, -0.1) is 0 Å². The van der Waals surface area contributed by atoms with Crippen molar-refractivity contribution in [3.05, 3.63) is 41.6 Å². The number of aromatic nitrogens is 3. The summed E-state index contributed by atoms with van der Waals surface area (Å²) in [5, 5.41) is 0. The molecule has 0 unspecified atom stereocenters. The summed E-state index contributed by atoms with van der Waals surface area (Å²) < 4.78 is 0. The topological polar surface area (TPSA) is 74.6 Å². The Bertz CT molecular complexity index is 973. The Kier molecular flexibility index (Phi) is 3.92. The van der Waals surface area contributed by atoms with Crippen LogP contribution >= 0.6 is 0 Å². The van der Waals surface area contributed by atoms with Crippen LogP contribution in [0.2, 0.25) is 0 Å². The summed E-state index contributed by atoms with van der Waals surface area (Å²) in [5.41, 5.74) is 3.70. The van der Waals surface area contributed by atoms with E-state index in [2.05, 4.69) is 33.7 Å². The molecule has 1 saturated heterocycles. The normalized spacial score (nSPS) is 20.6. The fraction of sp³-hybridized carbons (Fsp3) is 0.476. The van der Waals surface area contributed by atoms with E-state index in [0.29, 0.717) is 36.3 Å². The second-order valence-corrected chi connectivity index (χ2v) is 8.51. The number of rotatable bonds is 1. The standard InChI is InChI=1S/C21H24N6O/c1-21(2)7-10-26(11-8-21)17-13-23-19-15(25-17)12-24-20(19)27-16-4-3-9-22-14(16)5-6-18(27)28/h3-4,9,13H,5-8,10-12H2,1-2H3. The lowest BCUT2D eigenvalue weighted by molar-refractivity contribution is -0.117. The molecule has 7 nitrogen and oxygen atoms in total. The maximum Gasteiger partial charge on any atom is 0.233 e. The molecule has 0 saturated carbocycles. The Morgan fingerprint density at radius 2 is 1.89 bits per heavy atom. The molecule has 0 atom stereocenters. The maximum atomic E-state index is 12.7. The van der Waals surface area contributed by atoms with Crippen molar-refractivity contribution >= 4 is 23.2 Å². The zero-order valence-electron chi connectivity index (χ0n) is 16.4. The first kappa shape index (κ1) is 17.3. The molecule has 0 radical (unpaired) electrons. The number of carbonyl (C=O) groups is 1. The molecule has 5 heterocycles. The number of hydrogen-bond acceptors (Lipinski definition) is 6. The van der Waals surface area contributed by atoms with Crippen LogP contribution in [0.5, 0.6) is 0 Å². The lowest BCUT2D eigenvalue weighted by atomic mass is 9.83. The van der Waals surface area contributed by atoms with Crippen LogP contribution in [0.25, 0.3) is 0 Å². The zero-order chi connectivity index (χ0) is 19.3. The van der Waals surface area contributed by atoms with Crippen molar-refractivity contribution in [2.75, 3.05) is 22.9 Å². The van der Waals surface area contributed by atoms with E-state index in [1.54, 1.807) is 11.1 Å². The molecule has 2 aromatic rings. The van der Waals surface area contributed by atoms with E-state index in [9.17, 15) is 4.79 Å². The van der Waals surface area contributed by atoms with E-state index in [4.69, 9.17) is 4.98 Å². The minimum Gasteiger partial charge on any atom is -0.355 e. The van der Waals surface area contributed by atoms with Crippen molar-refractivity contribution < 1.29 is 4.79 Å². The quantitative estimate of drug-likeness (QED) is 0.765. The molecule has 0 N–H and O–H groups in total. The highest BCUT2D eigenvalue weighted by molar-refractivity contribution is 6.24. The van der Waals surface area contributed by atoms with Crippen LogP contribution in [0.1, 0.15) is 50.2 Å². The minimum atomic E-state index is 0.0382. The molecule has 3 aliphatic rings. The number of aryl methyl sites for hydroxylation is 1. The van der Waals surface area contributed by atoms with Gasteiger partial charge in [0.15, 0.2) is 5.84 Å². The van der Waals surface area contributed by atoms with E-state index in [1.807, 2.05) is 18.3 Å². The van der Waals surface area contributed by atoms with Gasteiger partial charge in [-0.25, -0.2) is 9.97 Å². The Labute approximate surface area is 164 Å². The lowest BCUT2D eigenvalue weighted by Crippen LogP contribution is -2.41. The molecule has 0 aliphatic carbocycles. The summed E-state index contributed by atoms with van der Waals surface area (Å²) in [4.78, 5) is 35.3. The first-order valence-corrected chi connectivity index (χ1v) is 9.94. The molecule has 5 rings (SSSR count). The summed E-state index contributed by atoms with van der Waals surface area (Å²) in [5.74, 6) is 1.56. The van der Waals surface area contributed by atoms with Crippen molar-refractivity contribution in [1.82, 2.24) is 15.0 Å². The highest BCUT2D eigenvalue weighted by Crippen LogP contribution is 2.33. The van der Waals surface area contributed by atoms with E-state index in [1.165, 1.54) is 0 Å². The molecule has 0 aromatic carbocycles. The molecule has 0 spiro atoms. The lowest BCUT2D eigenvalue weighted by Gasteiger charge is -2.37. The molecule has 144 valence electrons. The molecule has 2 aromatic heterocycles. The molecule has 7 heteroatoms. The third kappa shape index (κ3) is 2.85. The molecule has 3 aliphatic heterocycles. The number of anilines is 2. The van der Waals surface area contributed by atoms with Gasteiger partial charge in [0, 0.05) is 32.1 Å². The zero-order valence-corrected chi connectivity index (χ0v) is 16.4. The van der Waals surface area contributed by atoms with Crippen LogP contribution in [0, 0.1) is 5.41 Å². The fourth-order valence-electron chi connectivity index (χ4n) is 4.14. The minimum absolute atomic E-state index is 0.0382. The van der Waals surface area contributed by atoms with Crippen molar-refractivity contribution in [2.24, 2.45) is 10.4 Å². The van der Waals surface area contributed by atoms with Crippen LogP contribution in [-0.4, -0.2) is 39.8 Å². The van der Waals surface area contributed by atoms with Gasteiger partial charge in [-0.05, 0) is 30.4 Å². The summed E-state index contributed by atoms with van der Waals surface area (Å²) in [6, 6.07) is 3.78. The highest BCUT2D eigenvalue weighted by atomic mass is 16.2. The van der Waals surface area contributed by atoms with Gasteiger partial charge in [0.2, 0.25) is 5.91 Å². The number of carbonyl (C=O) groups excluding carboxylic acids is 1. The summed E-state index contributed by atoms with van der Waals surface area (Å²) >= 11 is 0. The van der Waals surface area contributed by atoms with Crippen LogP contribution < -0.4 is 9.80 Å². The van der Waals surface area contributed by atoms with Crippen molar-refractivity contribution in [1.29, 1.82) is 0 Å². The number of piperidine rings is 1. The summed E-state index contributed by atoms with van der Waals surface area (Å²) in [6.45, 7) is 7.10. The molecular weight excluding hydrogens is 352 g/mol. The smallest absolute Gasteiger partial charge is 0.233 e. The van der Waals surface area contributed by atoms with Gasteiger partial charge in [-0.2, -0.15) is 0 Å². The molecule has 28 heavy (non-hydrogen) atoms. The van der Waals surface area contributed by atoms with Gasteiger partial charge in [-0.1, -0.05) is 13.8 Å². The first-order valence-electron chi connectivity index (χ1n) is 9.94. The van der Waals surface area contributed by atoms with Gasteiger partial charge in [0.25, 0.3) is 0 Å². The van der Waals surface area contributed by atoms with Crippen molar-refractivity contribution in [3.63, 3.8) is 0 Å². The first-order chi connectivity index (χ1) is 13.5. The van der Waals surface area contributed by atoms with Crippen LogP contribution in [0.15, 0.2) is 29.5 Å². The van der Waals surface area contributed by atoms with Gasteiger partial charge in [0.05, 0.1) is 29.8 Å². The van der Waals surface area contributed by atoms with Crippen LogP contribution in [0.3, 0.4) is 0 Å². The SMILES string of the molecule is CC1(C)CCN(c2cnc3c(n2)CN=C3N2C(=O)CCc3ncccc32)CC1. The second kappa shape index (κ2) is 6.36. The third-order valence-corrected chi connectivity index (χ3v) is 6.01. The number of aliphatic imine (C=N–C) groups is 1. The highest BCUT2D eigenvalue weighted by Gasteiger charge is 2.34. The summed E-state index contributed by atoms with van der Waals surface area (Å²) in [6.07, 6.45) is 7.01. The Hall–Kier alpha value is -2.83. The van der Waals surface area contributed by atoms with Gasteiger partial charge in [-0.3, -0.25) is 19.7 Å². The Balaban J connectivity index is 1.44.